The molecule has 2 aromatic carbocycles. The minimum atomic E-state index is -0.445. The highest BCUT2D eigenvalue weighted by atomic mass is 16.5. The fourth-order valence-corrected chi connectivity index (χ4v) is 2.32. The van der Waals surface area contributed by atoms with Gasteiger partial charge in [-0.2, -0.15) is 0 Å². The summed E-state index contributed by atoms with van der Waals surface area (Å²) < 4.78 is 10.4. The number of esters is 1. The van der Waals surface area contributed by atoms with Crippen molar-refractivity contribution in [1.82, 2.24) is 10.6 Å². The molecule has 0 fully saturated rings. The topological polar surface area (TPSA) is 93.7 Å². The van der Waals surface area contributed by atoms with E-state index in [0.29, 0.717) is 36.6 Å². The van der Waals surface area contributed by atoms with Crippen LogP contribution < -0.4 is 20.1 Å². The lowest BCUT2D eigenvalue weighted by Gasteiger charge is -2.09. The van der Waals surface area contributed by atoms with Crippen LogP contribution >= 0.6 is 0 Å². The summed E-state index contributed by atoms with van der Waals surface area (Å²) in [6.07, 6.45) is 0.575. The van der Waals surface area contributed by atoms with Gasteiger partial charge < -0.3 is 20.1 Å². The van der Waals surface area contributed by atoms with Gasteiger partial charge in [0.15, 0.2) is 6.61 Å². The molecule has 148 valence electrons. The molecule has 0 saturated heterocycles. The molecular formula is C21H24N2O5. The van der Waals surface area contributed by atoms with Crippen LogP contribution in [0.3, 0.4) is 0 Å². The predicted octanol–water partition coefficient (Wildman–Crippen LogP) is 2.24. The van der Waals surface area contributed by atoms with Crippen molar-refractivity contribution in [1.29, 1.82) is 0 Å². The Labute approximate surface area is 164 Å². The van der Waals surface area contributed by atoms with Gasteiger partial charge in [0.2, 0.25) is 0 Å². The van der Waals surface area contributed by atoms with Crippen LogP contribution in [0.2, 0.25) is 0 Å². The molecule has 0 aliphatic heterocycles. The predicted molar refractivity (Wildman–Crippen MR) is 104 cm³/mol. The number of benzene rings is 2. The Hall–Kier alpha value is -3.35. The van der Waals surface area contributed by atoms with E-state index in [4.69, 9.17) is 9.47 Å². The van der Waals surface area contributed by atoms with Crippen molar-refractivity contribution in [3.8, 4) is 11.5 Å². The van der Waals surface area contributed by atoms with Gasteiger partial charge in [0.1, 0.15) is 11.5 Å². The molecule has 0 aromatic heterocycles. The number of ether oxygens (including phenoxy) is 2. The summed E-state index contributed by atoms with van der Waals surface area (Å²) in [4.78, 5) is 34.8. The van der Waals surface area contributed by atoms with Gasteiger partial charge in [-0.3, -0.25) is 14.4 Å². The summed E-state index contributed by atoms with van der Waals surface area (Å²) in [7, 11) is 0. The maximum absolute atomic E-state index is 12.1. The summed E-state index contributed by atoms with van der Waals surface area (Å²) in [5, 5.41) is 5.49. The third-order valence-corrected chi connectivity index (χ3v) is 3.71. The lowest BCUT2D eigenvalue weighted by atomic mass is 10.2. The quantitative estimate of drug-likeness (QED) is 0.393. The van der Waals surface area contributed by atoms with Crippen molar-refractivity contribution < 1.29 is 23.9 Å². The van der Waals surface area contributed by atoms with Crippen LogP contribution in [-0.2, 0) is 9.59 Å². The van der Waals surface area contributed by atoms with E-state index in [2.05, 4.69) is 10.6 Å². The van der Waals surface area contributed by atoms with Crippen molar-refractivity contribution in [3.63, 3.8) is 0 Å². The third kappa shape index (κ3) is 7.49. The van der Waals surface area contributed by atoms with Gasteiger partial charge in [-0.05, 0) is 43.7 Å². The summed E-state index contributed by atoms with van der Waals surface area (Å²) in [5.74, 6) is 0.0219. The number of amides is 2. The van der Waals surface area contributed by atoms with E-state index >= 15 is 0 Å². The van der Waals surface area contributed by atoms with Crippen molar-refractivity contribution in [2.45, 2.75) is 20.3 Å². The highest BCUT2D eigenvalue weighted by Gasteiger charge is 2.07. The molecule has 2 aromatic rings. The van der Waals surface area contributed by atoms with Crippen molar-refractivity contribution in [3.05, 3.63) is 59.7 Å². The molecule has 0 aliphatic carbocycles. The van der Waals surface area contributed by atoms with Crippen LogP contribution in [0.1, 0.15) is 29.3 Å². The van der Waals surface area contributed by atoms with E-state index in [1.165, 1.54) is 13.0 Å². The molecule has 2 N–H and O–H groups in total. The number of hydrogen-bond donors (Lipinski definition) is 2. The molecule has 0 radical (unpaired) electrons. The SMILES string of the molecule is CC(=O)Oc1cccc(C(=O)NCCCNC(=O)COc2ccc(C)cc2)c1. The average molecular weight is 384 g/mol. The number of hydrogen-bond acceptors (Lipinski definition) is 5. The fourth-order valence-electron chi connectivity index (χ4n) is 2.32. The Bertz CT molecular complexity index is 818. The molecule has 0 heterocycles. The molecule has 0 unspecified atom stereocenters. The Kier molecular flexibility index (Phi) is 8.02. The molecule has 2 rings (SSSR count). The molecule has 0 aliphatic rings. The smallest absolute Gasteiger partial charge is 0.308 e. The van der Waals surface area contributed by atoms with E-state index in [1.54, 1.807) is 18.2 Å². The zero-order chi connectivity index (χ0) is 20.4. The van der Waals surface area contributed by atoms with Crippen LogP contribution in [0, 0.1) is 6.92 Å². The summed E-state index contributed by atoms with van der Waals surface area (Å²) >= 11 is 0. The van der Waals surface area contributed by atoms with E-state index in [1.807, 2.05) is 31.2 Å². The summed E-state index contributed by atoms with van der Waals surface area (Å²) in [5.41, 5.74) is 1.52. The van der Waals surface area contributed by atoms with Gasteiger partial charge in [0.05, 0.1) is 0 Å². The van der Waals surface area contributed by atoms with E-state index in [-0.39, 0.29) is 18.4 Å². The third-order valence-electron chi connectivity index (χ3n) is 3.71. The van der Waals surface area contributed by atoms with Gasteiger partial charge in [-0.1, -0.05) is 23.8 Å². The van der Waals surface area contributed by atoms with Crippen LogP contribution in [0.5, 0.6) is 11.5 Å². The highest BCUT2D eigenvalue weighted by molar-refractivity contribution is 5.94. The zero-order valence-electron chi connectivity index (χ0n) is 16.0. The first-order valence-corrected chi connectivity index (χ1v) is 8.97. The first-order valence-electron chi connectivity index (χ1n) is 8.97. The van der Waals surface area contributed by atoms with Gasteiger partial charge in [-0.15, -0.1) is 0 Å². The molecule has 7 heteroatoms. The van der Waals surface area contributed by atoms with Gasteiger partial charge in [0.25, 0.3) is 11.8 Å². The molecule has 0 saturated carbocycles. The maximum atomic E-state index is 12.1. The lowest BCUT2D eigenvalue weighted by molar-refractivity contribution is -0.131. The lowest BCUT2D eigenvalue weighted by Crippen LogP contribution is -2.32. The molecular weight excluding hydrogens is 360 g/mol. The highest BCUT2D eigenvalue weighted by Crippen LogP contribution is 2.13. The molecule has 0 bridgehead atoms. The summed E-state index contributed by atoms with van der Waals surface area (Å²) in [6.45, 7) is 4.04. The van der Waals surface area contributed by atoms with Gasteiger partial charge in [-0.25, -0.2) is 0 Å². The first kappa shape index (κ1) is 21.0. The molecule has 7 nitrogen and oxygen atoms in total. The number of carbonyl (C=O) groups excluding carboxylic acids is 3. The van der Waals surface area contributed by atoms with Crippen molar-refractivity contribution in [2.24, 2.45) is 0 Å². The molecule has 2 amide bonds. The van der Waals surface area contributed by atoms with Crippen LogP contribution in [0.25, 0.3) is 0 Å². The largest absolute Gasteiger partial charge is 0.484 e. The Morgan fingerprint density at radius 1 is 0.929 bits per heavy atom. The number of rotatable bonds is 9. The van der Waals surface area contributed by atoms with Crippen LogP contribution in [0.15, 0.2) is 48.5 Å². The monoisotopic (exact) mass is 384 g/mol. The second kappa shape index (κ2) is 10.7. The summed E-state index contributed by atoms with van der Waals surface area (Å²) in [6, 6.07) is 13.8. The van der Waals surface area contributed by atoms with E-state index in [0.717, 1.165) is 5.56 Å². The Morgan fingerprint density at radius 3 is 2.36 bits per heavy atom. The second-order valence-corrected chi connectivity index (χ2v) is 6.18. The number of carbonyl (C=O) groups is 3. The van der Waals surface area contributed by atoms with Gasteiger partial charge >= 0.3 is 5.97 Å². The fraction of sp³-hybridized carbons (Fsp3) is 0.286. The zero-order valence-corrected chi connectivity index (χ0v) is 16.0. The minimum Gasteiger partial charge on any atom is -0.484 e. The average Bonchev–Trinajstić information content (AvgIpc) is 2.67. The molecule has 0 spiro atoms. The molecule has 0 atom stereocenters. The molecule has 28 heavy (non-hydrogen) atoms. The van der Waals surface area contributed by atoms with Crippen molar-refractivity contribution in [2.75, 3.05) is 19.7 Å². The van der Waals surface area contributed by atoms with Crippen LogP contribution in [0.4, 0.5) is 0 Å². The van der Waals surface area contributed by atoms with Gasteiger partial charge in [0, 0.05) is 25.6 Å². The maximum Gasteiger partial charge on any atom is 0.308 e. The number of nitrogens with one attached hydrogen (secondary N) is 2. The second-order valence-electron chi connectivity index (χ2n) is 6.18. The van der Waals surface area contributed by atoms with Crippen molar-refractivity contribution >= 4 is 17.8 Å². The standard InChI is InChI=1S/C21H24N2O5/c1-15-7-9-18(10-8-15)27-14-20(25)22-11-4-12-23-21(26)17-5-3-6-19(13-17)28-16(2)24/h3,5-10,13H,4,11-12,14H2,1-2H3,(H,22,25)(H,23,26). The first-order chi connectivity index (χ1) is 13.4. The number of aryl methyl sites for hydroxylation is 1. The van der Waals surface area contributed by atoms with E-state index in [9.17, 15) is 14.4 Å². The van der Waals surface area contributed by atoms with Crippen LogP contribution in [-0.4, -0.2) is 37.5 Å². The Morgan fingerprint density at radius 2 is 1.64 bits per heavy atom. The minimum absolute atomic E-state index is 0.0572. The Balaban J connectivity index is 1.63. The van der Waals surface area contributed by atoms with E-state index < -0.39 is 5.97 Å². The normalized spacial score (nSPS) is 10.1.